The van der Waals surface area contributed by atoms with Gasteiger partial charge in [0.05, 0.1) is 7.11 Å². The van der Waals surface area contributed by atoms with Gasteiger partial charge in [0.15, 0.2) is 0 Å². The van der Waals surface area contributed by atoms with Crippen molar-refractivity contribution >= 4 is 11.6 Å². The van der Waals surface area contributed by atoms with Crippen LogP contribution in [0.15, 0.2) is 24.3 Å². The number of alkyl halides is 1. The van der Waals surface area contributed by atoms with Gasteiger partial charge < -0.3 is 4.74 Å². The van der Waals surface area contributed by atoms with Crippen LogP contribution in [0.25, 0.3) is 0 Å². The first-order valence-corrected chi connectivity index (χ1v) is 7.47. The van der Waals surface area contributed by atoms with Crippen LogP contribution < -0.4 is 4.74 Å². The average molecular weight is 269 g/mol. The maximum Gasteiger partial charge on any atom is 0.119 e. The smallest absolute Gasteiger partial charge is 0.119 e. The SMILES string of the molecule is CCCCCCCC(Cl)Cc1cccc(OC)c1. The second-order valence-corrected chi connectivity index (χ2v) is 5.47. The van der Waals surface area contributed by atoms with Crippen molar-refractivity contribution in [3.8, 4) is 5.75 Å². The monoisotopic (exact) mass is 268 g/mol. The molecule has 102 valence electrons. The molecule has 0 saturated carbocycles. The molecule has 2 heteroatoms. The van der Waals surface area contributed by atoms with Gasteiger partial charge in [-0.3, -0.25) is 0 Å². The molecule has 0 amide bonds. The molecule has 0 fully saturated rings. The maximum absolute atomic E-state index is 6.38. The van der Waals surface area contributed by atoms with Gasteiger partial charge in [-0.1, -0.05) is 51.2 Å². The normalized spacial score (nSPS) is 12.4. The Balaban J connectivity index is 2.24. The highest BCUT2D eigenvalue weighted by atomic mass is 35.5. The lowest BCUT2D eigenvalue weighted by atomic mass is 10.0. The fourth-order valence-electron chi connectivity index (χ4n) is 2.13. The van der Waals surface area contributed by atoms with Gasteiger partial charge in [-0.05, 0) is 30.5 Å². The third-order valence-electron chi connectivity index (χ3n) is 3.21. The molecule has 1 atom stereocenters. The Bertz CT molecular complexity index is 325. The van der Waals surface area contributed by atoms with Gasteiger partial charge in [0.25, 0.3) is 0 Å². The quantitative estimate of drug-likeness (QED) is 0.441. The Morgan fingerprint density at radius 2 is 1.94 bits per heavy atom. The highest BCUT2D eigenvalue weighted by Crippen LogP contribution is 2.19. The molecule has 1 nitrogen and oxygen atoms in total. The van der Waals surface area contributed by atoms with Gasteiger partial charge in [-0.15, -0.1) is 11.6 Å². The van der Waals surface area contributed by atoms with Crippen LogP contribution in [-0.2, 0) is 6.42 Å². The van der Waals surface area contributed by atoms with Crippen LogP contribution in [0.1, 0.15) is 51.0 Å². The van der Waals surface area contributed by atoms with Crippen LogP contribution in [0.5, 0.6) is 5.75 Å². The molecule has 0 bridgehead atoms. The second-order valence-electron chi connectivity index (χ2n) is 4.86. The molecule has 18 heavy (non-hydrogen) atoms. The van der Waals surface area contributed by atoms with Crippen LogP contribution in [0, 0.1) is 0 Å². The van der Waals surface area contributed by atoms with Crippen molar-refractivity contribution in [2.24, 2.45) is 0 Å². The van der Waals surface area contributed by atoms with Gasteiger partial charge in [0, 0.05) is 5.38 Å². The van der Waals surface area contributed by atoms with Crippen LogP contribution in [0.4, 0.5) is 0 Å². The van der Waals surface area contributed by atoms with Gasteiger partial charge >= 0.3 is 0 Å². The number of ether oxygens (including phenoxy) is 1. The molecule has 1 aromatic carbocycles. The zero-order chi connectivity index (χ0) is 13.2. The fraction of sp³-hybridized carbons (Fsp3) is 0.625. The van der Waals surface area contributed by atoms with Gasteiger partial charge in [-0.25, -0.2) is 0 Å². The molecule has 1 rings (SSSR count). The van der Waals surface area contributed by atoms with Crippen molar-refractivity contribution in [1.29, 1.82) is 0 Å². The van der Waals surface area contributed by atoms with E-state index in [-0.39, 0.29) is 5.38 Å². The summed E-state index contributed by atoms with van der Waals surface area (Å²) in [6.07, 6.45) is 8.61. The molecule has 0 heterocycles. The molecule has 1 unspecified atom stereocenters. The summed E-state index contributed by atoms with van der Waals surface area (Å²) in [5.41, 5.74) is 1.27. The van der Waals surface area contributed by atoms with E-state index < -0.39 is 0 Å². The topological polar surface area (TPSA) is 9.23 Å². The minimum atomic E-state index is 0.249. The van der Waals surface area contributed by atoms with E-state index in [1.54, 1.807) is 7.11 Å². The number of rotatable bonds is 9. The van der Waals surface area contributed by atoms with E-state index in [1.165, 1.54) is 37.7 Å². The van der Waals surface area contributed by atoms with Crippen molar-refractivity contribution < 1.29 is 4.74 Å². The summed E-state index contributed by atoms with van der Waals surface area (Å²) in [4.78, 5) is 0. The highest BCUT2D eigenvalue weighted by molar-refractivity contribution is 6.20. The lowest BCUT2D eigenvalue weighted by molar-refractivity contribution is 0.414. The molecule has 0 spiro atoms. The Morgan fingerprint density at radius 3 is 2.67 bits per heavy atom. The average Bonchev–Trinajstić information content (AvgIpc) is 2.38. The summed E-state index contributed by atoms with van der Waals surface area (Å²) < 4.78 is 5.22. The molecule has 0 radical (unpaired) electrons. The van der Waals surface area contributed by atoms with E-state index in [1.807, 2.05) is 12.1 Å². The largest absolute Gasteiger partial charge is 0.497 e. The number of halogens is 1. The van der Waals surface area contributed by atoms with Crippen molar-refractivity contribution in [2.75, 3.05) is 7.11 Å². The van der Waals surface area contributed by atoms with Crippen LogP contribution in [-0.4, -0.2) is 12.5 Å². The zero-order valence-corrected chi connectivity index (χ0v) is 12.4. The van der Waals surface area contributed by atoms with Crippen molar-refractivity contribution in [3.05, 3.63) is 29.8 Å². The molecule has 1 aromatic rings. The Labute approximate surface area is 116 Å². The number of methoxy groups -OCH3 is 1. The third kappa shape index (κ3) is 6.30. The van der Waals surface area contributed by atoms with Crippen LogP contribution in [0.3, 0.4) is 0 Å². The first kappa shape index (κ1) is 15.4. The van der Waals surface area contributed by atoms with Crippen LogP contribution >= 0.6 is 11.6 Å². The fourth-order valence-corrected chi connectivity index (χ4v) is 2.46. The highest BCUT2D eigenvalue weighted by Gasteiger charge is 2.06. The van der Waals surface area contributed by atoms with E-state index in [2.05, 4.69) is 19.1 Å². The molecule has 0 aliphatic rings. The van der Waals surface area contributed by atoms with E-state index in [0.717, 1.165) is 18.6 Å². The summed E-state index contributed by atoms with van der Waals surface area (Å²) in [6, 6.07) is 8.19. The summed E-state index contributed by atoms with van der Waals surface area (Å²) in [7, 11) is 1.70. The molecular formula is C16H25ClO. The predicted octanol–water partition coefficient (Wildman–Crippen LogP) is 5.21. The van der Waals surface area contributed by atoms with Crippen molar-refractivity contribution in [1.82, 2.24) is 0 Å². The summed E-state index contributed by atoms with van der Waals surface area (Å²) in [6.45, 7) is 2.24. The molecule has 0 aliphatic carbocycles. The van der Waals surface area contributed by atoms with E-state index in [0.29, 0.717) is 0 Å². The van der Waals surface area contributed by atoms with E-state index in [4.69, 9.17) is 16.3 Å². The zero-order valence-electron chi connectivity index (χ0n) is 11.6. The Hall–Kier alpha value is -0.690. The standard InChI is InChI=1S/C16H25ClO/c1-3-4-5-6-7-10-15(17)12-14-9-8-11-16(13-14)18-2/h8-9,11,13,15H,3-7,10,12H2,1-2H3. The van der Waals surface area contributed by atoms with Crippen molar-refractivity contribution in [3.63, 3.8) is 0 Å². The van der Waals surface area contributed by atoms with Crippen LogP contribution in [0.2, 0.25) is 0 Å². The lowest BCUT2D eigenvalue weighted by Crippen LogP contribution is -2.03. The predicted molar refractivity (Wildman–Crippen MR) is 79.7 cm³/mol. The first-order chi connectivity index (χ1) is 8.76. The summed E-state index contributed by atoms with van der Waals surface area (Å²) in [5, 5.41) is 0.249. The molecule has 0 aromatic heterocycles. The Morgan fingerprint density at radius 1 is 1.17 bits per heavy atom. The maximum atomic E-state index is 6.38. The molecule has 0 N–H and O–H groups in total. The van der Waals surface area contributed by atoms with Gasteiger partial charge in [0.2, 0.25) is 0 Å². The lowest BCUT2D eigenvalue weighted by Gasteiger charge is -2.10. The molecular weight excluding hydrogens is 244 g/mol. The molecule has 0 aliphatic heterocycles. The van der Waals surface area contributed by atoms with Gasteiger partial charge in [0.1, 0.15) is 5.75 Å². The number of unbranched alkanes of at least 4 members (excludes halogenated alkanes) is 4. The summed E-state index contributed by atoms with van der Waals surface area (Å²) >= 11 is 6.38. The number of hydrogen-bond acceptors (Lipinski definition) is 1. The van der Waals surface area contributed by atoms with E-state index >= 15 is 0 Å². The van der Waals surface area contributed by atoms with E-state index in [9.17, 15) is 0 Å². The minimum absolute atomic E-state index is 0.249. The van der Waals surface area contributed by atoms with Crippen molar-refractivity contribution in [2.45, 2.75) is 57.2 Å². The Kier molecular flexibility index (Phi) is 7.91. The number of hydrogen-bond donors (Lipinski definition) is 0. The second kappa shape index (κ2) is 9.27. The minimum Gasteiger partial charge on any atom is -0.497 e. The third-order valence-corrected chi connectivity index (χ3v) is 3.58. The molecule has 0 saturated heterocycles. The van der Waals surface area contributed by atoms with Gasteiger partial charge in [-0.2, -0.15) is 0 Å². The first-order valence-electron chi connectivity index (χ1n) is 7.03. The number of benzene rings is 1. The summed E-state index contributed by atoms with van der Waals surface area (Å²) in [5.74, 6) is 0.916.